The summed E-state index contributed by atoms with van der Waals surface area (Å²) in [7, 11) is 1.60. The molecule has 0 spiro atoms. The molecule has 1 amide bonds. The van der Waals surface area contributed by atoms with Crippen molar-refractivity contribution in [2.75, 3.05) is 20.3 Å². The molecule has 0 saturated carbocycles. The van der Waals surface area contributed by atoms with Crippen LogP contribution in [0, 0.1) is 0 Å². The minimum Gasteiger partial charge on any atom is -0.497 e. The van der Waals surface area contributed by atoms with E-state index in [0.717, 1.165) is 11.3 Å². The van der Waals surface area contributed by atoms with E-state index in [4.69, 9.17) is 13.9 Å². The number of nitrogens with zero attached hydrogens (tertiary/aromatic N) is 4. The molecule has 3 heterocycles. The van der Waals surface area contributed by atoms with Gasteiger partial charge in [0.25, 0.3) is 5.91 Å². The number of nitrogens with one attached hydrogen (secondary N) is 1. The molecule has 170 valence electrons. The highest BCUT2D eigenvalue weighted by molar-refractivity contribution is 5.93. The molecular formula is C24H19N5O5. The van der Waals surface area contributed by atoms with Crippen LogP contribution in [0.15, 0.2) is 75.9 Å². The molecule has 5 aromatic rings. The third kappa shape index (κ3) is 4.16. The second-order valence-corrected chi connectivity index (χ2v) is 7.27. The summed E-state index contributed by atoms with van der Waals surface area (Å²) in [6, 6.07) is 18.8. The zero-order valence-electron chi connectivity index (χ0n) is 18.1. The summed E-state index contributed by atoms with van der Waals surface area (Å²) in [5, 5.41) is 15.9. The maximum Gasteiger partial charge on any atom is 0.287 e. The molecule has 10 nitrogen and oxygen atoms in total. The van der Waals surface area contributed by atoms with Crippen LogP contribution in [0.5, 0.6) is 11.6 Å². The van der Waals surface area contributed by atoms with E-state index in [0.29, 0.717) is 28.3 Å². The fourth-order valence-electron chi connectivity index (χ4n) is 3.39. The Labute approximate surface area is 192 Å². The van der Waals surface area contributed by atoms with E-state index in [1.807, 2.05) is 24.3 Å². The van der Waals surface area contributed by atoms with Crippen LogP contribution in [0.25, 0.3) is 28.0 Å². The Morgan fingerprint density at radius 3 is 2.71 bits per heavy atom. The molecule has 0 saturated heterocycles. The van der Waals surface area contributed by atoms with Crippen LogP contribution in [0.1, 0.15) is 10.6 Å². The van der Waals surface area contributed by atoms with Gasteiger partial charge in [-0.25, -0.2) is 0 Å². The van der Waals surface area contributed by atoms with Crippen molar-refractivity contribution in [3.63, 3.8) is 0 Å². The van der Waals surface area contributed by atoms with Gasteiger partial charge in [-0.1, -0.05) is 12.1 Å². The number of fused-ring (bicyclic) bond motifs is 2. The van der Waals surface area contributed by atoms with Crippen LogP contribution in [-0.2, 0) is 0 Å². The van der Waals surface area contributed by atoms with Gasteiger partial charge in [0.05, 0.1) is 19.0 Å². The number of ether oxygens (including phenoxy) is 2. The van der Waals surface area contributed by atoms with Crippen molar-refractivity contribution in [1.29, 1.82) is 0 Å². The summed E-state index contributed by atoms with van der Waals surface area (Å²) in [5.41, 5.74) is 1.47. The van der Waals surface area contributed by atoms with Gasteiger partial charge in [0, 0.05) is 17.7 Å². The molecule has 0 fully saturated rings. The van der Waals surface area contributed by atoms with Crippen LogP contribution < -0.4 is 20.2 Å². The van der Waals surface area contributed by atoms with Crippen molar-refractivity contribution < 1.29 is 18.7 Å². The molecule has 0 aliphatic rings. The highest BCUT2D eigenvalue weighted by atomic mass is 16.5. The number of hydrogen-bond donors (Lipinski definition) is 1. The van der Waals surface area contributed by atoms with E-state index < -0.39 is 5.91 Å². The molecule has 1 N–H and O–H groups in total. The van der Waals surface area contributed by atoms with E-state index in [9.17, 15) is 9.59 Å². The number of carbonyl (C=O) groups excluding carboxylic acids is 1. The molecule has 0 aliphatic heterocycles. The van der Waals surface area contributed by atoms with Crippen molar-refractivity contribution in [3.05, 3.63) is 82.7 Å². The van der Waals surface area contributed by atoms with Crippen molar-refractivity contribution in [2.45, 2.75) is 0 Å². The van der Waals surface area contributed by atoms with Gasteiger partial charge in [-0.3, -0.25) is 9.59 Å². The Hall–Kier alpha value is -4.73. The SMILES string of the molecule is COc1ccc(-c2nnc3ccc(OCCNC(=O)c4cc(=O)c5ccccc5o4)nn23)cc1. The average Bonchev–Trinajstić information content (AvgIpc) is 3.30. The number of para-hydroxylation sites is 1. The van der Waals surface area contributed by atoms with Crippen LogP contribution in [-0.4, -0.2) is 46.0 Å². The summed E-state index contributed by atoms with van der Waals surface area (Å²) < 4.78 is 18.0. The topological polar surface area (TPSA) is 121 Å². The van der Waals surface area contributed by atoms with Crippen molar-refractivity contribution in [1.82, 2.24) is 25.1 Å². The zero-order chi connectivity index (χ0) is 23.5. The molecule has 0 bridgehead atoms. The Morgan fingerprint density at radius 1 is 1.06 bits per heavy atom. The average molecular weight is 457 g/mol. The number of benzene rings is 2. The molecule has 0 unspecified atom stereocenters. The quantitative estimate of drug-likeness (QED) is 0.370. The lowest BCUT2D eigenvalue weighted by Crippen LogP contribution is -2.29. The van der Waals surface area contributed by atoms with Gasteiger partial charge < -0.3 is 19.2 Å². The lowest BCUT2D eigenvalue weighted by Gasteiger charge is -2.08. The number of rotatable bonds is 7. The fraction of sp³-hybridized carbons (Fsp3) is 0.125. The summed E-state index contributed by atoms with van der Waals surface area (Å²) in [4.78, 5) is 24.6. The summed E-state index contributed by atoms with van der Waals surface area (Å²) >= 11 is 0. The molecule has 34 heavy (non-hydrogen) atoms. The number of amides is 1. The molecule has 3 aromatic heterocycles. The lowest BCUT2D eigenvalue weighted by atomic mass is 10.2. The molecule has 5 rings (SSSR count). The van der Waals surface area contributed by atoms with Gasteiger partial charge in [0.2, 0.25) is 5.88 Å². The highest BCUT2D eigenvalue weighted by Gasteiger charge is 2.13. The Kier molecular flexibility index (Phi) is 5.61. The number of methoxy groups -OCH3 is 1. The number of carbonyl (C=O) groups is 1. The second kappa shape index (κ2) is 9.02. The second-order valence-electron chi connectivity index (χ2n) is 7.27. The summed E-state index contributed by atoms with van der Waals surface area (Å²) in [6.07, 6.45) is 0. The molecule has 10 heteroatoms. The first-order valence-corrected chi connectivity index (χ1v) is 10.4. The molecule has 0 atom stereocenters. The monoisotopic (exact) mass is 457 g/mol. The fourth-order valence-corrected chi connectivity index (χ4v) is 3.39. The molecule has 0 aliphatic carbocycles. The smallest absolute Gasteiger partial charge is 0.287 e. The van der Waals surface area contributed by atoms with E-state index in [1.165, 1.54) is 6.07 Å². The normalized spacial score (nSPS) is 11.0. The largest absolute Gasteiger partial charge is 0.497 e. The van der Waals surface area contributed by atoms with Crippen molar-refractivity contribution in [2.24, 2.45) is 0 Å². The predicted octanol–water partition coefficient (Wildman–Crippen LogP) is 2.72. The Morgan fingerprint density at radius 2 is 1.88 bits per heavy atom. The van der Waals surface area contributed by atoms with Crippen molar-refractivity contribution in [3.8, 4) is 23.0 Å². The van der Waals surface area contributed by atoms with Crippen molar-refractivity contribution >= 4 is 22.5 Å². The number of hydrogen-bond acceptors (Lipinski definition) is 8. The zero-order valence-corrected chi connectivity index (χ0v) is 18.1. The van der Waals surface area contributed by atoms with Gasteiger partial charge in [-0.05, 0) is 42.5 Å². The van der Waals surface area contributed by atoms with Gasteiger partial charge in [-0.2, -0.15) is 4.52 Å². The highest BCUT2D eigenvalue weighted by Crippen LogP contribution is 2.21. The molecule has 0 radical (unpaired) electrons. The van der Waals surface area contributed by atoms with E-state index in [2.05, 4.69) is 20.6 Å². The maximum atomic E-state index is 12.4. The first kappa shape index (κ1) is 21.1. The van der Waals surface area contributed by atoms with Crippen LogP contribution in [0.4, 0.5) is 0 Å². The third-order valence-corrected chi connectivity index (χ3v) is 5.08. The van der Waals surface area contributed by atoms with E-state index in [1.54, 1.807) is 48.0 Å². The van der Waals surface area contributed by atoms with Gasteiger partial charge in [0.1, 0.15) is 17.9 Å². The molecular weight excluding hydrogens is 438 g/mol. The standard InChI is InChI=1S/C24H19N5O5/c1-32-16-8-6-15(7-9-16)23-27-26-21-10-11-22(28-29(21)23)33-13-12-25-24(31)20-14-18(30)17-4-2-3-5-19(17)34-20/h2-11,14H,12-13H2,1H3,(H,25,31). The number of aromatic nitrogens is 4. The van der Waals surface area contributed by atoms with Gasteiger partial charge >= 0.3 is 0 Å². The predicted molar refractivity (Wildman–Crippen MR) is 123 cm³/mol. The molecule has 2 aromatic carbocycles. The lowest BCUT2D eigenvalue weighted by molar-refractivity contribution is 0.0919. The van der Waals surface area contributed by atoms with Gasteiger partial charge in [0.15, 0.2) is 22.7 Å². The summed E-state index contributed by atoms with van der Waals surface area (Å²) in [5.74, 6) is 1.07. The minimum absolute atomic E-state index is 0.0585. The Bertz CT molecular complexity index is 1540. The minimum atomic E-state index is -0.504. The van der Waals surface area contributed by atoms with E-state index >= 15 is 0 Å². The Balaban J connectivity index is 1.24. The first-order valence-electron chi connectivity index (χ1n) is 10.4. The first-order chi connectivity index (χ1) is 16.6. The van der Waals surface area contributed by atoms with Crippen LogP contribution >= 0.6 is 0 Å². The third-order valence-electron chi connectivity index (χ3n) is 5.08. The summed E-state index contributed by atoms with van der Waals surface area (Å²) in [6.45, 7) is 0.338. The van der Waals surface area contributed by atoms with Crippen LogP contribution in [0.2, 0.25) is 0 Å². The van der Waals surface area contributed by atoms with Gasteiger partial charge in [-0.15, -0.1) is 15.3 Å². The van der Waals surface area contributed by atoms with E-state index in [-0.39, 0.29) is 24.3 Å². The van der Waals surface area contributed by atoms with Crippen LogP contribution in [0.3, 0.4) is 0 Å². The maximum absolute atomic E-state index is 12.4.